The Morgan fingerprint density at radius 2 is 1.90 bits per heavy atom. The van der Waals surface area contributed by atoms with E-state index in [-0.39, 0.29) is 29.8 Å². The van der Waals surface area contributed by atoms with Gasteiger partial charge in [0.15, 0.2) is 0 Å². The van der Waals surface area contributed by atoms with E-state index in [1.807, 2.05) is 6.07 Å². The molecule has 1 saturated heterocycles. The molecule has 0 unspecified atom stereocenters. The number of carbonyl (C=O) groups excluding carboxylic acids is 1. The highest BCUT2D eigenvalue weighted by atomic mass is 35.5. The van der Waals surface area contributed by atoms with Gasteiger partial charge >= 0.3 is 0 Å². The van der Waals surface area contributed by atoms with Crippen LogP contribution >= 0.6 is 11.6 Å². The van der Waals surface area contributed by atoms with Gasteiger partial charge in [0, 0.05) is 18.7 Å². The molecule has 1 atom stereocenters. The molecule has 0 spiro atoms. The number of benzene rings is 2. The number of hydrogen-bond donors (Lipinski definition) is 1. The van der Waals surface area contributed by atoms with Gasteiger partial charge in [0.1, 0.15) is 0 Å². The van der Waals surface area contributed by atoms with E-state index in [0.29, 0.717) is 35.8 Å². The Balaban J connectivity index is 1.38. The van der Waals surface area contributed by atoms with Crippen molar-refractivity contribution in [3.05, 3.63) is 65.5 Å². The first kappa shape index (κ1) is 21.5. The van der Waals surface area contributed by atoms with Crippen molar-refractivity contribution in [3.8, 4) is 11.4 Å². The van der Waals surface area contributed by atoms with Gasteiger partial charge in [-0.1, -0.05) is 47.1 Å². The first-order chi connectivity index (χ1) is 14.9. The van der Waals surface area contributed by atoms with Crippen molar-refractivity contribution in [1.29, 1.82) is 0 Å². The lowest BCUT2D eigenvalue weighted by Crippen LogP contribution is -2.45. The van der Waals surface area contributed by atoms with E-state index in [2.05, 4.69) is 15.5 Å². The largest absolute Gasteiger partial charge is 0.347 e. The zero-order valence-electron chi connectivity index (χ0n) is 16.6. The fourth-order valence-electron chi connectivity index (χ4n) is 3.50. The quantitative estimate of drug-likeness (QED) is 0.606. The van der Waals surface area contributed by atoms with E-state index < -0.39 is 15.9 Å². The van der Waals surface area contributed by atoms with Crippen molar-refractivity contribution >= 4 is 27.5 Å². The molecule has 4 rings (SSSR count). The van der Waals surface area contributed by atoms with E-state index in [1.165, 1.54) is 4.31 Å². The molecule has 10 heteroatoms. The van der Waals surface area contributed by atoms with Crippen molar-refractivity contribution in [2.45, 2.75) is 24.3 Å². The summed E-state index contributed by atoms with van der Waals surface area (Å²) in [6.45, 7) is 0.585. The van der Waals surface area contributed by atoms with Crippen LogP contribution in [0.3, 0.4) is 0 Å². The molecule has 0 saturated carbocycles. The molecule has 1 amide bonds. The van der Waals surface area contributed by atoms with Gasteiger partial charge in [0.2, 0.25) is 27.6 Å². The Bertz CT molecular complexity index is 1170. The molecule has 1 fully saturated rings. The van der Waals surface area contributed by atoms with Crippen LogP contribution in [-0.4, -0.2) is 41.9 Å². The highest BCUT2D eigenvalue weighted by Crippen LogP contribution is 2.26. The maximum Gasteiger partial charge on any atom is 0.246 e. The third-order valence-corrected chi connectivity index (χ3v) is 7.34. The number of aromatic nitrogens is 2. The number of nitrogens with zero attached hydrogens (tertiary/aromatic N) is 3. The van der Waals surface area contributed by atoms with Crippen molar-refractivity contribution in [1.82, 2.24) is 19.8 Å². The maximum absolute atomic E-state index is 12.8. The highest BCUT2D eigenvalue weighted by Gasteiger charge is 2.33. The molecule has 2 aromatic carbocycles. The molecule has 1 aliphatic heterocycles. The lowest BCUT2D eigenvalue weighted by atomic mass is 9.99. The highest BCUT2D eigenvalue weighted by molar-refractivity contribution is 7.89. The first-order valence-corrected chi connectivity index (χ1v) is 11.7. The fourth-order valence-corrected chi connectivity index (χ4v) is 5.27. The third-order valence-electron chi connectivity index (χ3n) is 5.13. The molecule has 162 valence electrons. The summed E-state index contributed by atoms with van der Waals surface area (Å²) in [6.07, 6.45) is 1.22. The van der Waals surface area contributed by atoms with Crippen molar-refractivity contribution < 1.29 is 17.7 Å². The first-order valence-electron chi connectivity index (χ1n) is 9.85. The van der Waals surface area contributed by atoms with Crippen LogP contribution in [0.5, 0.6) is 0 Å². The molecule has 1 aromatic heterocycles. The Kier molecular flexibility index (Phi) is 6.35. The SMILES string of the molecule is O=C(NCc1nc(-c2ccccc2Cl)no1)[C@H]1CCCN(S(=O)(=O)c2ccccc2)C1. The molecule has 31 heavy (non-hydrogen) atoms. The zero-order valence-corrected chi connectivity index (χ0v) is 18.1. The van der Waals surface area contributed by atoms with Crippen LogP contribution in [-0.2, 0) is 21.4 Å². The molecular weight excluding hydrogens is 440 g/mol. The second-order valence-corrected chi connectivity index (χ2v) is 9.57. The molecular formula is C21H21ClN4O4S. The van der Waals surface area contributed by atoms with E-state index in [9.17, 15) is 13.2 Å². The Hall–Kier alpha value is -2.75. The number of carbonyl (C=O) groups is 1. The predicted octanol–water partition coefficient (Wildman–Crippen LogP) is 3.11. The normalized spacial score (nSPS) is 17.4. The summed E-state index contributed by atoms with van der Waals surface area (Å²) in [4.78, 5) is 17.2. The summed E-state index contributed by atoms with van der Waals surface area (Å²) in [6, 6.07) is 15.4. The summed E-state index contributed by atoms with van der Waals surface area (Å²) in [5, 5.41) is 7.18. The van der Waals surface area contributed by atoms with Crippen molar-refractivity contribution in [2.24, 2.45) is 5.92 Å². The zero-order chi connectivity index (χ0) is 21.8. The second-order valence-electron chi connectivity index (χ2n) is 7.22. The average molecular weight is 461 g/mol. The molecule has 1 N–H and O–H groups in total. The van der Waals surface area contributed by atoms with Crippen LogP contribution in [0.25, 0.3) is 11.4 Å². The summed E-state index contributed by atoms with van der Waals surface area (Å²) in [7, 11) is -3.63. The summed E-state index contributed by atoms with van der Waals surface area (Å²) in [5.74, 6) is -0.107. The molecule has 2 heterocycles. The fraction of sp³-hybridized carbons (Fsp3) is 0.286. The number of amides is 1. The standard InChI is InChI=1S/C21H21ClN4O4S/c22-18-11-5-4-10-17(18)20-24-19(30-25-20)13-23-21(27)15-7-6-12-26(14-15)31(28,29)16-8-2-1-3-9-16/h1-5,8-11,15H,6-7,12-14H2,(H,23,27)/t15-/m0/s1. The number of nitrogens with one attached hydrogen (secondary N) is 1. The van der Waals surface area contributed by atoms with Crippen LogP contribution in [0.2, 0.25) is 5.02 Å². The molecule has 0 aliphatic carbocycles. The lowest BCUT2D eigenvalue weighted by Gasteiger charge is -2.31. The van der Waals surface area contributed by atoms with E-state index in [1.54, 1.807) is 48.5 Å². The van der Waals surface area contributed by atoms with E-state index in [0.717, 1.165) is 0 Å². The summed E-state index contributed by atoms with van der Waals surface area (Å²) < 4.78 is 32.3. The van der Waals surface area contributed by atoms with E-state index >= 15 is 0 Å². The van der Waals surface area contributed by atoms with Crippen molar-refractivity contribution in [3.63, 3.8) is 0 Å². The van der Waals surface area contributed by atoms with Crippen LogP contribution in [0.1, 0.15) is 18.7 Å². The minimum Gasteiger partial charge on any atom is -0.347 e. The number of rotatable bonds is 6. The molecule has 0 radical (unpaired) electrons. The number of halogens is 1. The molecule has 3 aromatic rings. The topological polar surface area (TPSA) is 105 Å². The van der Waals surface area contributed by atoms with Gasteiger partial charge in [0.25, 0.3) is 0 Å². The Morgan fingerprint density at radius 1 is 1.16 bits per heavy atom. The average Bonchev–Trinajstić information content (AvgIpc) is 3.27. The third kappa shape index (κ3) is 4.79. The lowest BCUT2D eigenvalue weighted by molar-refractivity contribution is -0.126. The molecule has 0 bridgehead atoms. The molecule has 1 aliphatic rings. The maximum atomic E-state index is 12.8. The van der Waals surface area contributed by atoms with Gasteiger partial charge in [-0.3, -0.25) is 4.79 Å². The van der Waals surface area contributed by atoms with Crippen molar-refractivity contribution in [2.75, 3.05) is 13.1 Å². The van der Waals surface area contributed by atoms with Gasteiger partial charge in [-0.05, 0) is 37.1 Å². The molecule has 8 nitrogen and oxygen atoms in total. The number of hydrogen-bond acceptors (Lipinski definition) is 6. The minimum absolute atomic E-state index is 0.0538. The predicted molar refractivity (Wildman–Crippen MR) is 115 cm³/mol. The monoisotopic (exact) mass is 460 g/mol. The van der Waals surface area contributed by atoms with Crippen LogP contribution < -0.4 is 5.32 Å². The summed E-state index contributed by atoms with van der Waals surface area (Å²) >= 11 is 6.15. The number of sulfonamides is 1. The van der Waals surface area contributed by atoms with E-state index in [4.69, 9.17) is 16.1 Å². The van der Waals surface area contributed by atoms with Gasteiger partial charge in [-0.2, -0.15) is 9.29 Å². The van der Waals surface area contributed by atoms with Gasteiger partial charge in [0.05, 0.1) is 22.4 Å². The summed E-state index contributed by atoms with van der Waals surface area (Å²) in [5.41, 5.74) is 0.638. The smallest absolute Gasteiger partial charge is 0.246 e. The van der Waals surface area contributed by atoms with Gasteiger partial charge in [-0.15, -0.1) is 0 Å². The minimum atomic E-state index is -3.63. The van der Waals surface area contributed by atoms with Crippen LogP contribution in [0, 0.1) is 5.92 Å². The van der Waals surface area contributed by atoms with Gasteiger partial charge < -0.3 is 9.84 Å². The van der Waals surface area contributed by atoms with Gasteiger partial charge in [-0.25, -0.2) is 8.42 Å². The van der Waals surface area contributed by atoms with Crippen LogP contribution in [0.4, 0.5) is 0 Å². The second kappa shape index (κ2) is 9.17. The van der Waals surface area contributed by atoms with Crippen LogP contribution in [0.15, 0.2) is 64.0 Å². The Morgan fingerprint density at radius 3 is 2.68 bits per heavy atom. The Labute approximate surface area is 185 Å². The number of piperidine rings is 1.